The van der Waals surface area contributed by atoms with Crippen molar-refractivity contribution in [1.29, 1.82) is 0 Å². The molecule has 1 amide bonds. The molecule has 1 fully saturated rings. The molecule has 2 aromatic rings. The van der Waals surface area contributed by atoms with Crippen LogP contribution in [-0.2, 0) is 10.0 Å². The van der Waals surface area contributed by atoms with Gasteiger partial charge in [0.2, 0.25) is 10.0 Å². The second kappa shape index (κ2) is 6.29. The maximum atomic E-state index is 13.3. The summed E-state index contributed by atoms with van der Waals surface area (Å²) in [5.74, 6) is -0.211. The molecule has 2 aliphatic heterocycles. The molecule has 2 heterocycles. The average Bonchev–Trinajstić information content (AvgIpc) is 2.95. The zero-order valence-electron chi connectivity index (χ0n) is 13.9. The summed E-state index contributed by atoms with van der Waals surface area (Å²) in [6.07, 6.45) is -0.271. The van der Waals surface area contributed by atoms with Crippen LogP contribution in [0.15, 0.2) is 47.4 Å². The van der Waals surface area contributed by atoms with Gasteiger partial charge in [-0.25, -0.2) is 8.42 Å². The van der Waals surface area contributed by atoms with Crippen LogP contribution in [0.1, 0.15) is 28.5 Å². The summed E-state index contributed by atoms with van der Waals surface area (Å²) >= 11 is 5.80. The van der Waals surface area contributed by atoms with Crippen LogP contribution < -0.4 is 0 Å². The van der Waals surface area contributed by atoms with E-state index in [1.54, 1.807) is 24.3 Å². The summed E-state index contributed by atoms with van der Waals surface area (Å²) in [5, 5.41) is 11.0. The summed E-state index contributed by atoms with van der Waals surface area (Å²) in [6, 6.07) is 10.3. The Kier molecular flexibility index (Phi) is 4.17. The normalized spacial score (nSPS) is 19.7. The zero-order valence-corrected chi connectivity index (χ0v) is 15.5. The molecule has 0 N–H and O–H groups in total. The van der Waals surface area contributed by atoms with Gasteiger partial charge in [-0.15, -0.1) is 0 Å². The minimum absolute atomic E-state index is 0.138. The smallest absolute Gasteiger partial charge is 0.289 e. The molecule has 0 spiro atoms. The van der Waals surface area contributed by atoms with Crippen LogP contribution in [0.5, 0.6) is 0 Å². The predicted octanol–water partition coefficient (Wildman–Crippen LogP) is 2.80. The first-order valence-corrected chi connectivity index (χ1v) is 10.00. The van der Waals surface area contributed by atoms with E-state index < -0.39 is 26.8 Å². The number of carbonyl (C=O) groups excluding carboxylic acids is 1. The van der Waals surface area contributed by atoms with Gasteiger partial charge in [0.15, 0.2) is 0 Å². The van der Waals surface area contributed by atoms with Crippen LogP contribution >= 0.6 is 11.6 Å². The first kappa shape index (κ1) is 17.9. The SMILES string of the molecule is O=C1c2ccccc2C2N1CCCN2S(=O)(=O)c1ccc(Cl)c([N+](=O)[O-])c1. The Morgan fingerprint density at radius 3 is 2.63 bits per heavy atom. The summed E-state index contributed by atoms with van der Waals surface area (Å²) in [7, 11) is -4.08. The molecule has 2 aromatic carbocycles. The van der Waals surface area contributed by atoms with Crippen LogP contribution in [0.4, 0.5) is 5.69 Å². The Morgan fingerprint density at radius 1 is 1.15 bits per heavy atom. The van der Waals surface area contributed by atoms with Crippen molar-refractivity contribution in [2.75, 3.05) is 13.1 Å². The third-order valence-corrected chi connectivity index (χ3v) is 6.97. The lowest BCUT2D eigenvalue weighted by molar-refractivity contribution is -0.384. The maximum Gasteiger partial charge on any atom is 0.289 e. The Bertz CT molecular complexity index is 1070. The molecule has 0 radical (unpaired) electrons. The number of halogens is 1. The fourth-order valence-electron chi connectivity index (χ4n) is 3.58. The number of rotatable bonds is 3. The lowest BCUT2D eigenvalue weighted by Crippen LogP contribution is -2.48. The lowest BCUT2D eigenvalue weighted by atomic mass is 10.1. The third-order valence-electron chi connectivity index (χ3n) is 4.80. The lowest BCUT2D eigenvalue weighted by Gasteiger charge is -2.39. The van der Waals surface area contributed by atoms with E-state index >= 15 is 0 Å². The van der Waals surface area contributed by atoms with Gasteiger partial charge in [-0.05, 0) is 24.6 Å². The Morgan fingerprint density at radius 2 is 1.89 bits per heavy atom. The summed E-state index contributed by atoms with van der Waals surface area (Å²) in [5.41, 5.74) is 0.621. The molecule has 1 atom stereocenters. The van der Waals surface area contributed by atoms with E-state index in [0.717, 1.165) is 6.07 Å². The number of benzene rings is 2. The molecule has 27 heavy (non-hydrogen) atoms. The van der Waals surface area contributed by atoms with Gasteiger partial charge in [-0.3, -0.25) is 14.9 Å². The second-order valence-electron chi connectivity index (χ2n) is 6.30. The molecule has 10 heteroatoms. The van der Waals surface area contributed by atoms with Gasteiger partial charge in [-0.1, -0.05) is 29.8 Å². The monoisotopic (exact) mass is 407 g/mol. The number of sulfonamides is 1. The van der Waals surface area contributed by atoms with Crippen LogP contribution in [0.25, 0.3) is 0 Å². The van der Waals surface area contributed by atoms with Gasteiger partial charge in [0, 0.05) is 30.3 Å². The highest BCUT2D eigenvalue weighted by Crippen LogP contribution is 2.41. The first-order valence-electron chi connectivity index (χ1n) is 8.18. The molecule has 2 aliphatic rings. The third kappa shape index (κ3) is 2.70. The molecule has 8 nitrogen and oxygen atoms in total. The van der Waals surface area contributed by atoms with Crippen molar-refractivity contribution < 1.29 is 18.1 Å². The summed E-state index contributed by atoms with van der Waals surface area (Å²) in [6.45, 7) is 0.659. The molecule has 140 valence electrons. The number of fused-ring (bicyclic) bond motifs is 3. The highest BCUT2D eigenvalue weighted by molar-refractivity contribution is 7.89. The van der Waals surface area contributed by atoms with Crippen molar-refractivity contribution >= 4 is 33.2 Å². The maximum absolute atomic E-state index is 13.3. The van der Waals surface area contributed by atoms with Crippen molar-refractivity contribution in [3.8, 4) is 0 Å². The van der Waals surface area contributed by atoms with Crippen LogP contribution in [0, 0.1) is 10.1 Å². The van der Waals surface area contributed by atoms with E-state index in [1.807, 2.05) is 0 Å². The van der Waals surface area contributed by atoms with Crippen molar-refractivity contribution in [3.63, 3.8) is 0 Å². The summed E-state index contributed by atoms with van der Waals surface area (Å²) in [4.78, 5) is 24.3. The van der Waals surface area contributed by atoms with Crippen LogP contribution in [0.2, 0.25) is 5.02 Å². The van der Waals surface area contributed by atoms with E-state index in [-0.39, 0.29) is 22.4 Å². The number of nitro groups is 1. The van der Waals surface area contributed by atoms with Crippen molar-refractivity contribution in [3.05, 3.63) is 68.7 Å². The van der Waals surface area contributed by atoms with Crippen LogP contribution in [-0.4, -0.2) is 41.5 Å². The number of hydrogen-bond donors (Lipinski definition) is 0. The molecule has 1 unspecified atom stereocenters. The van der Waals surface area contributed by atoms with Gasteiger partial charge in [0.25, 0.3) is 11.6 Å². The quantitative estimate of drug-likeness (QED) is 0.575. The van der Waals surface area contributed by atoms with Gasteiger partial charge < -0.3 is 4.90 Å². The molecule has 0 aliphatic carbocycles. The Hall–Kier alpha value is -2.49. The Labute approximate surface area is 160 Å². The number of nitro benzene ring substituents is 1. The van der Waals surface area contributed by atoms with E-state index in [9.17, 15) is 23.3 Å². The van der Waals surface area contributed by atoms with Crippen molar-refractivity contribution in [2.45, 2.75) is 17.5 Å². The Balaban J connectivity index is 1.82. The van der Waals surface area contributed by atoms with Gasteiger partial charge in [0.05, 0.1) is 9.82 Å². The van der Waals surface area contributed by atoms with E-state index in [1.165, 1.54) is 21.3 Å². The molecule has 0 aromatic heterocycles. The molecule has 1 saturated heterocycles. The zero-order chi connectivity index (χ0) is 19.3. The molecular weight excluding hydrogens is 394 g/mol. The fraction of sp³-hybridized carbons (Fsp3) is 0.235. The van der Waals surface area contributed by atoms with Gasteiger partial charge in [-0.2, -0.15) is 4.31 Å². The number of nitrogens with zero attached hydrogens (tertiary/aromatic N) is 3. The molecular formula is C17H14ClN3O5S. The minimum atomic E-state index is -4.08. The summed E-state index contributed by atoms with van der Waals surface area (Å²) < 4.78 is 27.7. The van der Waals surface area contributed by atoms with Crippen LogP contribution in [0.3, 0.4) is 0 Å². The second-order valence-corrected chi connectivity index (χ2v) is 8.60. The fourth-order valence-corrected chi connectivity index (χ4v) is 5.40. The number of carbonyl (C=O) groups is 1. The average molecular weight is 408 g/mol. The minimum Gasteiger partial charge on any atom is -0.318 e. The van der Waals surface area contributed by atoms with E-state index in [4.69, 9.17) is 11.6 Å². The first-order chi connectivity index (χ1) is 12.8. The highest BCUT2D eigenvalue weighted by atomic mass is 35.5. The van der Waals surface area contributed by atoms with E-state index in [0.29, 0.717) is 24.1 Å². The van der Waals surface area contributed by atoms with Gasteiger partial charge >= 0.3 is 0 Å². The van der Waals surface area contributed by atoms with E-state index in [2.05, 4.69) is 0 Å². The number of amides is 1. The van der Waals surface area contributed by atoms with Gasteiger partial charge in [0.1, 0.15) is 11.2 Å². The highest BCUT2D eigenvalue weighted by Gasteiger charge is 2.46. The molecule has 0 bridgehead atoms. The topological polar surface area (TPSA) is 101 Å². The molecule has 0 saturated carbocycles. The predicted molar refractivity (Wildman–Crippen MR) is 96.8 cm³/mol. The van der Waals surface area contributed by atoms with Crippen molar-refractivity contribution in [2.24, 2.45) is 0 Å². The standard InChI is InChI=1S/C17H14ClN3O5S/c18-14-7-6-11(10-15(14)21(23)24)27(25,26)20-9-3-8-19-16(20)12-4-1-2-5-13(12)17(19)22/h1-2,4-7,10,16H,3,8-9H2. The molecule has 4 rings (SSSR count). The van der Waals surface area contributed by atoms with Crippen molar-refractivity contribution in [1.82, 2.24) is 9.21 Å². The largest absolute Gasteiger partial charge is 0.318 e. The number of hydrogen-bond acceptors (Lipinski definition) is 5.